The Morgan fingerprint density at radius 3 is 3.06 bits per heavy atom. The summed E-state index contributed by atoms with van der Waals surface area (Å²) in [7, 11) is 0. The zero-order valence-corrected chi connectivity index (χ0v) is 9.59. The molecule has 0 spiro atoms. The number of fused-ring (bicyclic) bond motifs is 1. The number of hydrogen-bond acceptors (Lipinski definition) is 4. The number of nitrogens with two attached hydrogens (primary N) is 1. The van der Waals surface area contributed by atoms with Gasteiger partial charge in [-0.1, -0.05) is 0 Å². The lowest BCUT2D eigenvalue weighted by molar-refractivity contribution is -0.134. The summed E-state index contributed by atoms with van der Waals surface area (Å²) in [5, 5.41) is 2.36. The van der Waals surface area contributed by atoms with Crippen LogP contribution in [0.25, 0.3) is 5.52 Å². The Hall–Kier alpha value is -2.37. The van der Waals surface area contributed by atoms with E-state index in [-0.39, 0.29) is 17.7 Å². The Morgan fingerprint density at radius 2 is 2.28 bits per heavy atom. The molecule has 3 rings (SSSR count). The second-order valence-corrected chi connectivity index (χ2v) is 4.42. The molecule has 1 aliphatic rings. The van der Waals surface area contributed by atoms with Crippen LogP contribution < -0.4 is 11.1 Å². The fourth-order valence-corrected chi connectivity index (χ4v) is 2.35. The summed E-state index contributed by atoms with van der Waals surface area (Å²) in [6, 6.07) is 1.77. The van der Waals surface area contributed by atoms with Crippen LogP contribution >= 0.6 is 0 Å². The molecule has 1 saturated heterocycles. The van der Waals surface area contributed by atoms with Crippen LogP contribution in [-0.2, 0) is 9.59 Å². The van der Waals surface area contributed by atoms with E-state index >= 15 is 0 Å². The van der Waals surface area contributed by atoms with Gasteiger partial charge in [-0.25, -0.2) is 4.98 Å². The van der Waals surface area contributed by atoms with Crippen molar-refractivity contribution in [2.75, 3.05) is 5.73 Å². The smallest absolute Gasteiger partial charge is 0.234 e. The SMILES string of the molecule is Nc1cc(C2CCC(=O)NC2=O)c2cncn2c1. The average Bonchev–Trinajstić information content (AvgIpc) is 2.76. The van der Waals surface area contributed by atoms with Crippen molar-refractivity contribution < 1.29 is 9.59 Å². The minimum absolute atomic E-state index is 0.218. The maximum atomic E-state index is 11.9. The van der Waals surface area contributed by atoms with Gasteiger partial charge in [0, 0.05) is 18.3 Å². The molecule has 0 aliphatic carbocycles. The fourth-order valence-electron chi connectivity index (χ4n) is 2.35. The molecule has 1 fully saturated rings. The van der Waals surface area contributed by atoms with E-state index in [1.165, 1.54) is 0 Å². The van der Waals surface area contributed by atoms with Crippen molar-refractivity contribution in [2.24, 2.45) is 0 Å². The molecule has 92 valence electrons. The van der Waals surface area contributed by atoms with E-state index in [9.17, 15) is 9.59 Å². The summed E-state index contributed by atoms with van der Waals surface area (Å²) < 4.78 is 1.79. The maximum absolute atomic E-state index is 11.9. The number of nitrogen functional groups attached to an aromatic ring is 1. The number of carbonyl (C=O) groups is 2. The lowest BCUT2D eigenvalue weighted by Gasteiger charge is -2.22. The first-order valence-corrected chi connectivity index (χ1v) is 5.70. The summed E-state index contributed by atoms with van der Waals surface area (Å²) >= 11 is 0. The highest BCUT2D eigenvalue weighted by Crippen LogP contribution is 2.29. The maximum Gasteiger partial charge on any atom is 0.234 e. The van der Waals surface area contributed by atoms with Gasteiger partial charge < -0.3 is 10.1 Å². The minimum atomic E-state index is -0.342. The predicted molar refractivity (Wildman–Crippen MR) is 64.7 cm³/mol. The van der Waals surface area contributed by atoms with Crippen LogP contribution in [-0.4, -0.2) is 21.2 Å². The summed E-state index contributed by atoms with van der Waals surface area (Å²) in [5.74, 6) is -0.824. The van der Waals surface area contributed by atoms with Crippen molar-refractivity contribution in [3.8, 4) is 0 Å². The van der Waals surface area contributed by atoms with E-state index in [2.05, 4.69) is 10.3 Å². The Bertz CT molecular complexity index is 647. The second-order valence-electron chi connectivity index (χ2n) is 4.42. The number of carbonyl (C=O) groups excluding carboxylic acids is 2. The number of rotatable bonds is 1. The van der Waals surface area contributed by atoms with E-state index < -0.39 is 0 Å². The number of nitrogens with zero attached hydrogens (tertiary/aromatic N) is 2. The van der Waals surface area contributed by atoms with E-state index in [0.29, 0.717) is 18.5 Å². The molecule has 3 heterocycles. The Balaban J connectivity index is 2.11. The first kappa shape index (κ1) is 10.8. The molecule has 0 bridgehead atoms. The van der Waals surface area contributed by atoms with Gasteiger partial charge >= 0.3 is 0 Å². The van der Waals surface area contributed by atoms with Crippen molar-refractivity contribution in [2.45, 2.75) is 18.8 Å². The third-order valence-corrected chi connectivity index (χ3v) is 3.19. The van der Waals surface area contributed by atoms with Gasteiger partial charge in [-0.3, -0.25) is 14.9 Å². The Labute approximate surface area is 103 Å². The number of amides is 2. The quantitative estimate of drug-likeness (QED) is 0.712. The van der Waals surface area contributed by atoms with Crippen LogP contribution in [0.2, 0.25) is 0 Å². The molecule has 1 unspecified atom stereocenters. The molecule has 0 saturated carbocycles. The van der Waals surface area contributed by atoms with Gasteiger partial charge in [0.2, 0.25) is 11.8 Å². The van der Waals surface area contributed by atoms with Crippen molar-refractivity contribution in [3.05, 3.63) is 30.4 Å². The molecular formula is C12H12N4O2. The van der Waals surface area contributed by atoms with Crippen LogP contribution in [0, 0.1) is 0 Å². The van der Waals surface area contributed by atoms with Crippen LogP contribution in [0.4, 0.5) is 5.69 Å². The second kappa shape index (κ2) is 3.83. The Morgan fingerprint density at radius 1 is 1.44 bits per heavy atom. The van der Waals surface area contributed by atoms with Crippen LogP contribution in [0.15, 0.2) is 24.8 Å². The van der Waals surface area contributed by atoms with Gasteiger partial charge in [-0.2, -0.15) is 0 Å². The standard InChI is InChI=1S/C12H12N4O2/c13-7-3-9(10-4-14-6-16(10)5-7)8-1-2-11(17)15-12(8)18/h3-6,8H,1-2,13H2,(H,15,17,18). The topological polar surface area (TPSA) is 89.5 Å². The zero-order chi connectivity index (χ0) is 12.7. The largest absolute Gasteiger partial charge is 0.398 e. The molecule has 18 heavy (non-hydrogen) atoms. The third kappa shape index (κ3) is 1.62. The highest BCUT2D eigenvalue weighted by atomic mass is 16.2. The number of pyridine rings is 1. The van der Waals surface area contributed by atoms with Gasteiger partial charge in [0.25, 0.3) is 0 Å². The van der Waals surface area contributed by atoms with Crippen LogP contribution in [0.1, 0.15) is 24.3 Å². The van der Waals surface area contributed by atoms with Crippen molar-refractivity contribution in [1.29, 1.82) is 0 Å². The van der Waals surface area contributed by atoms with E-state index in [0.717, 1.165) is 11.1 Å². The van der Waals surface area contributed by atoms with E-state index in [1.807, 2.05) is 0 Å². The van der Waals surface area contributed by atoms with Gasteiger partial charge in [0.1, 0.15) is 0 Å². The summed E-state index contributed by atoms with van der Waals surface area (Å²) in [6.07, 6.45) is 5.94. The summed E-state index contributed by atoms with van der Waals surface area (Å²) in [5.41, 5.74) is 8.05. The molecule has 1 atom stereocenters. The molecule has 6 heteroatoms. The van der Waals surface area contributed by atoms with Crippen molar-refractivity contribution in [3.63, 3.8) is 0 Å². The zero-order valence-electron chi connectivity index (χ0n) is 9.59. The number of imide groups is 1. The summed E-state index contributed by atoms with van der Waals surface area (Å²) in [6.45, 7) is 0. The lowest BCUT2D eigenvalue weighted by Crippen LogP contribution is -2.39. The van der Waals surface area contributed by atoms with Crippen LogP contribution in [0.5, 0.6) is 0 Å². The molecule has 2 aromatic rings. The third-order valence-electron chi connectivity index (χ3n) is 3.19. The fraction of sp³-hybridized carbons (Fsp3) is 0.250. The van der Waals surface area contributed by atoms with Gasteiger partial charge in [-0.15, -0.1) is 0 Å². The highest BCUT2D eigenvalue weighted by Gasteiger charge is 2.29. The van der Waals surface area contributed by atoms with Gasteiger partial charge in [0.15, 0.2) is 0 Å². The minimum Gasteiger partial charge on any atom is -0.398 e. The number of piperidine rings is 1. The molecule has 1 aliphatic heterocycles. The molecule has 2 amide bonds. The normalized spacial score (nSPS) is 20.1. The van der Waals surface area contributed by atoms with E-state index in [1.54, 1.807) is 29.2 Å². The first-order valence-electron chi connectivity index (χ1n) is 5.70. The number of nitrogens with one attached hydrogen (secondary N) is 1. The lowest BCUT2D eigenvalue weighted by atomic mass is 9.90. The molecular weight excluding hydrogens is 232 g/mol. The monoisotopic (exact) mass is 244 g/mol. The molecule has 2 aromatic heterocycles. The predicted octanol–water partition coefficient (Wildman–Crippen LogP) is 0.437. The molecule has 0 aromatic carbocycles. The van der Waals surface area contributed by atoms with Gasteiger partial charge in [-0.05, 0) is 18.1 Å². The number of hydrogen-bond donors (Lipinski definition) is 2. The van der Waals surface area contributed by atoms with Crippen molar-refractivity contribution >= 4 is 23.0 Å². The number of aromatic nitrogens is 2. The number of anilines is 1. The van der Waals surface area contributed by atoms with Crippen LogP contribution in [0.3, 0.4) is 0 Å². The highest BCUT2D eigenvalue weighted by molar-refractivity contribution is 6.01. The van der Waals surface area contributed by atoms with E-state index in [4.69, 9.17) is 5.73 Å². The first-order chi connectivity index (χ1) is 8.65. The molecule has 0 radical (unpaired) electrons. The van der Waals surface area contributed by atoms with Crippen molar-refractivity contribution in [1.82, 2.24) is 14.7 Å². The molecule has 3 N–H and O–H groups in total. The Kier molecular flexibility index (Phi) is 2.29. The summed E-state index contributed by atoms with van der Waals surface area (Å²) in [4.78, 5) is 27.1. The van der Waals surface area contributed by atoms with Gasteiger partial charge in [0.05, 0.1) is 24.0 Å². The molecule has 6 nitrogen and oxygen atoms in total. The average molecular weight is 244 g/mol. The number of imidazole rings is 1.